The van der Waals surface area contributed by atoms with Crippen LogP contribution in [0.3, 0.4) is 0 Å². The molecule has 0 aliphatic heterocycles. The van der Waals surface area contributed by atoms with E-state index in [-0.39, 0.29) is 23.3 Å². The van der Waals surface area contributed by atoms with Gasteiger partial charge in [-0.25, -0.2) is 4.98 Å². The number of aliphatic hydroxyl groups is 2. The molecule has 1 fully saturated rings. The fourth-order valence-electron chi connectivity index (χ4n) is 4.17. The molecule has 3 aromatic rings. The Hall–Kier alpha value is -2.98. The van der Waals surface area contributed by atoms with Gasteiger partial charge in [0.1, 0.15) is 11.4 Å². The van der Waals surface area contributed by atoms with E-state index in [0.717, 1.165) is 25.0 Å². The van der Waals surface area contributed by atoms with E-state index in [1.54, 1.807) is 39.8 Å². The minimum absolute atomic E-state index is 0.127. The molecule has 1 saturated carbocycles. The van der Waals surface area contributed by atoms with Gasteiger partial charge in [-0.3, -0.25) is 9.48 Å². The number of rotatable bonds is 5. The minimum atomic E-state index is -4.67. The van der Waals surface area contributed by atoms with E-state index in [2.05, 4.69) is 15.4 Å². The van der Waals surface area contributed by atoms with Gasteiger partial charge in [0.05, 0.1) is 22.8 Å². The predicted octanol–water partition coefficient (Wildman–Crippen LogP) is 4.65. The Bertz CT molecular complexity index is 1230. The Labute approximate surface area is 194 Å². The average Bonchev–Trinajstić information content (AvgIpc) is 3.06. The molecule has 1 aliphatic carbocycles. The van der Waals surface area contributed by atoms with Crippen molar-refractivity contribution in [3.63, 3.8) is 0 Å². The SMILES string of the molecule is CC(C)(O)c1cc2nn([C@H]3C[C@H](C(C)(C)O)C3)cc2cc1NC(=O)c1cccc(C(F)(F)F)n1. The number of anilines is 1. The van der Waals surface area contributed by atoms with Gasteiger partial charge in [0, 0.05) is 22.8 Å². The zero-order valence-corrected chi connectivity index (χ0v) is 19.3. The van der Waals surface area contributed by atoms with Crippen LogP contribution in [0.5, 0.6) is 0 Å². The van der Waals surface area contributed by atoms with Crippen LogP contribution in [0, 0.1) is 5.92 Å². The van der Waals surface area contributed by atoms with Crippen LogP contribution < -0.4 is 5.32 Å². The summed E-state index contributed by atoms with van der Waals surface area (Å²) in [5.74, 6) is -0.651. The van der Waals surface area contributed by atoms with Crippen molar-refractivity contribution in [2.45, 2.75) is 64.0 Å². The van der Waals surface area contributed by atoms with Crippen LogP contribution in [-0.4, -0.2) is 36.5 Å². The molecule has 2 heterocycles. The summed E-state index contributed by atoms with van der Waals surface area (Å²) >= 11 is 0. The lowest BCUT2D eigenvalue weighted by molar-refractivity contribution is -0.141. The van der Waals surface area contributed by atoms with Crippen LogP contribution in [0.25, 0.3) is 10.9 Å². The van der Waals surface area contributed by atoms with Gasteiger partial charge >= 0.3 is 6.18 Å². The lowest BCUT2D eigenvalue weighted by Gasteiger charge is -2.42. The fourth-order valence-corrected chi connectivity index (χ4v) is 4.17. The Morgan fingerprint density at radius 2 is 1.79 bits per heavy atom. The van der Waals surface area contributed by atoms with Crippen molar-refractivity contribution in [1.82, 2.24) is 14.8 Å². The van der Waals surface area contributed by atoms with Gasteiger partial charge in [0.25, 0.3) is 5.91 Å². The molecule has 1 aliphatic rings. The molecule has 0 atom stereocenters. The summed E-state index contributed by atoms with van der Waals surface area (Å²) in [7, 11) is 0. The van der Waals surface area contributed by atoms with E-state index in [9.17, 15) is 28.2 Å². The van der Waals surface area contributed by atoms with Gasteiger partial charge in [0.2, 0.25) is 0 Å². The largest absolute Gasteiger partial charge is 0.433 e. The summed E-state index contributed by atoms with van der Waals surface area (Å²) in [6.45, 7) is 6.67. The van der Waals surface area contributed by atoms with Crippen molar-refractivity contribution in [2.75, 3.05) is 5.32 Å². The maximum absolute atomic E-state index is 13.0. The molecule has 7 nitrogen and oxygen atoms in total. The van der Waals surface area contributed by atoms with Crippen molar-refractivity contribution >= 4 is 22.5 Å². The molecule has 182 valence electrons. The van der Waals surface area contributed by atoms with Gasteiger partial charge in [-0.2, -0.15) is 18.3 Å². The summed E-state index contributed by atoms with van der Waals surface area (Å²) < 4.78 is 40.8. The van der Waals surface area contributed by atoms with Crippen molar-refractivity contribution < 1.29 is 28.2 Å². The molecule has 0 spiro atoms. The molecule has 0 bridgehead atoms. The second-order valence-corrected chi connectivity index (χ2v) is 9.96. The minimum Gasteiger partial charge on any atom is -0.390 e. The number of nitrogens with one attached hydrogen (secondary N) is 1. The van der Waals surface area contributed by atoms with Crippen LogP contribution in [-0.2, 0) is 11.8 Å². The van der Waals surface area contributed by atoms with Crippen LogP contribution in [0.1, 0.15) is 68.3 Å². The number of nitrogens with zero attached hydrogens (tertiary/aromatic N) is 3. The Balaban J connectivity index is 1.65. The van der Waals surface area contributed by atoms with Gasteiger partial charge in [0.15, 0.2) is 0 Å². The molecule has 0 unspecified atom stereocenters. The van der Waals surface area contributed by atoms with E-state index in [1.807, 2.05) is 10.9 Å². The molecule has 1 aromatic carbocycles. The number of alkyl halides is 3. The second-order valence-electron chi connectivity index (χ2n) is 9.96. The van der Waals surface area contributed by atoms with E-state index < -0.39 is 29.0 Å². The first-order valence-corrected chi connectivity index (χ1v) is 11.0. The summed E-state index contributed by atoms with van der Waals surface area (Å²) in [4.78, 5) is 16.2. The number of fused-ring (bicyclic) bond motifs is 1. The normalized spacial score (nSPS) is 19.2. The summed E-state index contributed by atoms with van der Waals surface area (Å²) in [5.41, 5.74) is -2.43. The van der Waals surface area contributed by atoms with Crippen LogP contribution in [0.15, 0.2) is 36.5 Å². The predicted molar refractivity (Wildman–Crippen MR) is 120 cm³/mol. The number of pyridine rings is 1. The molecule has 10 heteroatoms. The lowest BCUT2D eigenvalue weighted by atomic mass is 9.71. The first kappa shape index (κ1) is 24.2. The lowest BCUT2D eigenvalue weighted by Crippen LogP contribution is -2.41. The monoisotopic (exact) mass is 476 g/mol. The van der Waals surface area contributed by atoms with Crippen molar-refractivity contribution in [2.24, 2.45) is 5.92 Å². The zero-order valence-electron chi connectivity index (χ0n) is 19.3. The highest BCUT2D eigenvalue weighted by Gasteiger charge is 2.40. The Morgan fingerprint density at radius 1 is 1.12 bits per heavy atom. The average molecular weight is 476 g/mol. The van der Waals surface area contributed by atoms with E-state index >= 15 is 0 Å². The van der Waals surface area contributed by atoms with Crippen molar-refractivity contribution in [3.8, 4) is 0 Å². The summed E-state index contributed by atoms with van der Waals surface area (Å²) in [6.07, 6.45) is -1.29. The molecular weight excluding hydrogens is 449 g/mol. The quantitative estimate of drug-likeness (QED) is 0.498. The van der Waals surface area contributed by atoms with Gasteiger partial charge in [-0.1, -0.05) is 6.07 Å². The Morgan fingerprint density at radius 3 is 2.38 bits per heavy atom. The highest BCUT2D eigenvalue weighted by Crippen LogP contribution is 2.44. The first-order valence-electron chi connectivity index (χ1n) is 11.0. The van der Waals surface area contributed by atoms with Crippen molar-refractivity contribution in [1.29, 1.82) is 0 Å². The molecule has 3 N–H and O–H groups in total. The van der Waals surface area contributed by atoms with Gasteiger partial charge < -0.3 is 15.5 Å². The van der Waals surface area contributed by atoms with E-state index in [1.165, 1.54) is 6.07 Å². The van der Waals surface area contributed by atoms with Crippen LogP contribution in [0.4, 0.5) is 18.9 Å². The number of carbonyl (C=O) groups is 1. The van der Waals surface area contributed by atoms with Crippen LogP contribution in [0.2, 0.25) is 0 Å². The summed E-state index contributed by atoms with van der Waals surface area (Å²) in [5, 5.41) is 28.8. The van der Waals surface area contributed by atoms with E-state index in [0.29, 0.717) is 16.5 Å². The van der Waals surface area contributed by atoms with Gasteiger partial charge in [-0.15, -0.1) is 0 Å². The second kappa shape index (κ2) is 8.06. The molecule has 34 heavy (non-hydrogen) atoms. The topological polar surface area (TPSA) is 100 Å². The Kier molecular flexibility index (Phi) is 5.72. The molecule has 4 rings (SSSR count). The fraction of sp³-hybridized carbons (Fsp3) is 0.458. The van der Waals surface area contributed by atoms with Gasteiger partial charge in [-0.05, 0) is 70.7 Å². The smallest absolute Gasteiger partial charge is 0.390 e. The molecule has 2 aromatic heterocycles. The van der Waals surface area contributed by atoms with Crippen molar-refractivity contribution in [3.05, 3.63) is 53.5 Å². The molecular formula is C24H27F3N4O3. The number of amides is 1. The molecule has 1 amide bonds. The third-order valence-electron chi connectivity index (χ3n) is 6.33. The number of halogens is 3. The summed E-state index contributed by atoms with van der Waals surface area (Å²) in [6, 6.07) is 6.54. The standard InChI is InChI=1S/C24H27F3N4O3/c1-22(2,33)14-9-15(10-14)31-12-13-8-19(16(23(3,4)34)11-18(13)30-31)29-21(32)17-6-5-7-20(28-17)24(25,26)27/h5-8,11-12,14-15,33-34H,9-10H2,1-4H3,(H,29,32)/t14-,15-. The number of hydrogen-bond donors (Lipinski definition) is 3. The number of aromatic nitrogens is 3. The first-order chi connectivity index (χ1) is 15.6. The molecule has 0 saturated heterocycles. The highest BCUT2D eigenvalue weighted by molar-refractivity contribution is 6.04. The number of benzene rings is 1. The highest BCUT2D eigenvalue weighted by atomic mass is 19.4. The third kappa shape index (κ3) is 4.78. The zero-order chi connectivity index (χ0) is 25.1. The maximum atomic E-state index is 13.0. The number of hydrogen-bond acceptors (Lipinski definition) is 5. The molecule has 0 radical (unpaired) electrons. The maximum Gasteiger partial charge on any atom is 0.433 e. The third-order valence-corrected chi connectivity index (χ3v) is 6.33. The number of carbonyl (C=O) groups excluding carboxylic acids is 1. The van der Waals surface area contributed by atoms with Crippen LogP contribution >= 0.6 is 0 Å². The van der Waals surface area contributed by atoms with E-state index in [4.69, 9.17) is 0 Å².